The number of para-hydroxylation sites is 1. The summed E-state index contributed by atoms with van der Waals surface area (Å²) >= 11 is 1.82. The lowest BCUT2D eigenvalue weighted by atomic mass is 9.95. The van der Waals surface area contributed by atoms with Crippen LogP contribution in [0.25, 0.3) is 11.8 Å². The Kier molecular flexibility index (Phi) is 5.57. The number of aromatic nitrogens is 2. The highest BCUT2D eigenvalue weighted by Crippen LogP contribution is 2.42. The van der Waals surface area contributed by atoms with E-state index < -0.39 is 0 Å². The van der Waals surface area contributed by atoms with Gasteiger partial charge in [-0.1, -0.05) is 12.1 Å². The lowest BCUT2D eigenvalue weighted by molar-refractivity contribution is 0.465. The van der Waals surface area contributed by atoms with Crippen LogP contribution in [-0.4, -0.2) is 34.7 Å². The maximum atomic E-state index is 10.2. The smallest absolute Gasteiger partial charge is 0.186 e. The van der Waals surface area contributed by atoms with E-state index in [0.717, 1.165) is 48.0 Å². The number of nitrogen functional groups attached to an aromatic ring is 1. The minimum Gasteiger partial charge on any atom is -0.507 e. The van der Waals surface area contributed by atoms with Gasteiger partial charge in [0.05, 0.1) is 6.04 Å². The molecule has 2 aliphatic heterocycles. The van der Waals surface area contributed by atoms with Crippen molar-refractivity contribution in [3.05, 3.63) is 57.7 Å². The molecular formula is C24H30N6OS. The number of nitrogens with one attached hydrogen (secondary N) is 2. The summed E-state index contributed by atoms with van der Waals surface area (Å²) < 4.78 is 0. The number of phenolic OH excluding ortho intramolecular Hbond substituents is 1. The molecule has 1 unspecified atom stereocenters. The lowest BCUT2D eigenvalue weighted by Gasteiger charge is -2.34. The molecule has 1 atom stereocenters. The first kappa shape index (κ1) is 20.9. The number of hydrogen-bond acceptors (Lipinski definition) is 7. The molecule has 3 aromatic rings. The molecule has 2 aliphatic rings. The number of phenols is 1. The molecule has 32 heavy (non-hydrogen) atoms. The second-order valence-electron chi connectivity index (χ2n) is 8.65. The first-order valence-corrected chi connectivity index (χ1v) is 12.0. The van der Waals surface area contributed by atoms with E-state index in [1.807, 2.05) is 29.5 Å². The van der Waals surface area contributed by atoms with E-state index in [9.17, 15) is 5.11 Å². The van der Waals surface area contributed by atoms with Crippen LogP contribution in [0, 0.1) is 0 Å². The number of nitrogens with zero attached hydrogens (tertiary/aromatic N) is 2. The first-order valence-electron chi connectivity index (χ1n) is 11.2. The van der Waals surface area contributed by atoms with Crippen molar-refractivity contribution in [2.24, 2.45) is 5.73 Å². The van der Waals surface area contributed by atoms with E-state index in [2.05, 4.69) is 28.3 Å². The summed E-state index contributed by atoms with van der Waals surface area (Å²) in [5, 5.41) is 14.7. The van der Waals surface area contributed by atoms with E-state index >= 15 is 0 Å². The summed E-state index contributed by atoms with van der Waals surface area (Å²) in [6.45, 7) is 5.26. The molecule has 0 aliphatic carbocycles. The van der Waals surface area contributed by atoms with E-state index in [1.165, 1.54) is 17.7 Å². The molecule has 0 spiro atoms. The molecule has 7 N–H and O–H groups in total. The molecule has 1 saturated heterocycles. The normalized spacial score (nSPS) is 19.8. The van der Waals surface area contributed by atoms with Gasteiger partial charge in [-0.3, -0.25) is 0 Å². The summed E-state index contributed by atoms with van der Waals surface area (Å²) in [6, 6.07) is 7.20. The number of nitrogens with two attached hydrogens (primary N) is 2. The van der Waals surface area contributed by atoms with Gasteiger partial charge in [0.25, 0.3) is 0 Å². The van der Waals surface area contributed by atoms with Crippen LogP contribution in [0.1, 0.15) is 59.0 Å². The summed E-state index contributed by atoms with van der Waals surface area (Å²) in [5.41, 5.74) is 17.0. The second-order valence-corrected chi connectivity index (χ2v) is 9.69. The molecule has 0 radical (unpaired) electrons. The van der Waals surface area contributed by atoms with Gasteiger partial charge in [0.2, 0.25) is 0 Å². The summed E-state index contributed by atoms with van der Waals surface area (Å²) in [5.74, 6) is 1.38. The van der Waals surface area contributed by atoms with Gasteiger partial charge in [0.15, 0.2) is 5.13 Å². The van der Waals surface area contributed by atoms with Crippen LogP contribution in [0.4, 0.5) is 10.9 Å². The largest absolute Gasteiger partial charge is 0.507 e. The van der Waals surface area contributed by atoms with Gasteiger partial charge in [0.1, 0.15) is 11.6 Å². The topological polar surface area (TPSA) is 116 Å². The third-order valence-electron chi connectivity index (χ3n) is 6.69. The van der Waals surface area contributed by atoms with Gasteiger partial charge < -0.3 is 31.8 Å². The maximum absolute atomic E-state index is 10.2. The maximum Gasteiger partial charge on any atom is 0.186 e. The summed E-state index contributed by atoms with van der Waals surface area (Å²) in [6.07, 6.45) is 7.17. The SMILES string of the molecule is CC1c2c([nH]c(N)c2/C=C(\N)c2ccccc2O)CCN1c1ncc(C2CCNCC2)s1. The predicted octanol–water partition coefficient (Wildman–Crippen LogP) is 3.81. The number of aromatic hydroxyl groups is 1. The highest BCUT2D eigenvalue weighted by Gasteiger charge is 2.31. The molecule has 8 heteroatoms. The van der Waals surface area contributed by atoms with Crippen molar-refractivity contribution in [1.82, 2.24) is 15.3 Å². The highest BCUT2D eigenvalue weighted by molar-refractivity contribution is 7.15. The zero-order chi connectivity index (χ0) is 22.2. The molecule has 1 fully saturated rings. The second kappa shape index (κ2) is 8.52. The van der Waals surface area contributed by atoms with E-state index in [4.69, 9.17) is 16.5 Å². The predicted molar refractivity (Wildman–Crippen MR) is 132 cm³/mol. The fraction of sp³-hybridized carbons (Fsp3) is 0.375. The number of anilines is 2. The number of rotatable bonds is 4. The average molecular weight is 451 g/mol. The van der Waals surface area contributed by atoms with Crippen molar-refractivity contribution in [3.63, 3.8) is 0 Å². The number of thiazole rings is 1. The number of fused-ring (bicyclic) bond motifs is 1. The van der Waals surface area contributed by atoms with Gasteiger partial charge in [-0.15, -0.1) is 11.3 Å². The Morgan fingerprint density at radius 2 is 2.06 bits per heavy atom. The molecule has 0 amide bonds. The Hall–Kier alpha value is -2.97. The third-order valence-corrected chi connectivity index (χ3v) is 7.89. The molecular weight excluding hydrogens is 420 g/mol. The van der Waals surface area contributed by atoms with Crippen LogP contribution < -0.4 is 21.7 Å². The Morgan fingerprint density at radius 3 is 2.84 bits per heavy atom. The fourth-order valence-electron chi connectivity index (χ4n) is 4.93. The molecule has 0 saturated carbocycles. The minimum atomic E-state index is 0.114. The van der Waals surface area contributed by atoms with Crippen LogP contribution >= 0.6 is 11.3 Å². The zero-order valence-electron chi connectivity index (χ0n) is 18.3. The van der Waals surface area contributed by atoms with Crippen molar-refractivity contribution in [2.45, 2.75) is 38.1 Å². The molecule has 168 valence electrons. The first-order chi connectivity index (χ1) is 15.5. The Morgan fingerprint density at radius 1 is 1.28 bits per heavy atom. The van der Waals surface area contributed by atoms with Gasteiger partial charge >= 0.3 is 0 Å². The van der Waals surface area contributed by atoms with Crippen LogP contribution in [0.2, 0.25) is 0 Å². The third kappa shape index (κ3) is 3.73. The monoisotopic (exact) mass is 450 g/mol. The number of aromatic amines is 1. The molecule has 0 bridgehead atoms. The standard InChI is InChI=1S/C24H30N6OS/c1-14-22-17(12-18(25)16-4-2-3-5-20(16)31)23(26)29-19(22)8-11-30(14)24-28-13-21(32-24)15-6-9-27-10-7-15/h2-5,12-15,27,29,31H,6-11,25-26H2,1H3/b18-12-. The van der Waals surface area contributed by atoms with Gasteiger partial charge in [-0.05, 0) is 57.0 Å². The van der Waals surface area contributed by atoms with Crippen LogP contribution in [0.3, 0.4) is 0 Å². The van der Waals surface area contributed by atoms with Crippen LogP contribution in [0.15, 0.2) is 30.5 Å². The molecule has 2 aromatic heterocycles. The van der Waals surface area contributed by atoms with Gasteiger partial charge in [-0.2, -0.15) is 0 Å². The average Bonchev–Trinajstić information content (AvgIpc) is 3.40. The summed E-state index contributed by atoms with van der Waals surface area (Å²) in [7, 11) is 0. The summed E-state index contributed by atoms with van der Waals surface area (Å²) in [4.78, 5) is 11.9. The van der Waals surface area contributed by atoms with Crippen molar-refractivity contribution in [2.75, 3.05) is 30.3 Å². The number of H-pyrrole nitrogens is 1. The van der Waals surface area contributed by atoms with Crippen molar-refractivity contribution < 1.29 is 5.11 Å². The quantitative estimate of drug-likeness (QED) is 0.413. The zero-order valence-corrected chi connectivity index (χ0v) is 19.1. The lowest BCUT2D eigenvalue weighted by Crippen LogP contribution is -2.33. The van der Waals surface area contributed by atoms with Gasteiger partial charge in [0, 0.05) is 52.1 Å². The van der Waals surface area contributed by atoms with Gasteiger partial charge in [-0.25, -0.2) is 4.98 Å². The number of hydrogen-bond donors (Lipinski definition) is 5. The van der Waals surface area contributed by atoms with E-state index in [-0.39, 0.29) is 11.8 Å². The Balaban J connectivity index is 1.46. The number of benzene rings is 1. The van der Waals surface area contributed by atoms with E-state index in [0.29, 0.717) is 23.0 Å². The van der Waals surface area contributed by atoms with E-state index in [1.54, 1.807) is 12.1 Å². The van der Waals surface area contributed by atoms with Crippen molar-refractivity contribution >= 4 is 34.1 Å². The van der Waals surface area contributed by atoms with Crippen LogP contribution in [0.5, 0.6) is 5.75 Å². The molecule has 5 rings (SSSR count). The number of piperidine rings is 1. The highest BCUT2D eigenvalue weighted by atomic mass is 32.1. The van der Waals surface area contributed by atoms with Crippen molar-refractivity contribution in [1.29, 1.82) is 0 Å². The minimum absolute atomic E-state index is 0.114. The molecule has 7 nitrogen and oxygen atoms in total. The van der Waals surface area contributed by atoms with Crippen molar-refractivity contribution in [3.8, 4) is 5.75 Å². The van der Waals surface area contributed by atoms with Crippen LogP contribution in [-0.2, 0) is 6.42 Å². The molecule has 1 aromatic carbocycles. The molecule has 4 heterocycles. The Labute approximate surface area is 192 Å². The Bertz CT molecular complexity index is 1140. The fourth-order valence-corrected chi connectivity index (χ4v) is 6.12.